The molecule has 14 heavy (non-hydrogen) atoms. The third-order valence-electron chi connectivity index (χ3n) is 1.99. The lowest BCUT2D eigenvalue weighted by atomic mass is 10.3. The summed E-state index contributed by atoms with van der Waals surface area (Å²) < 4.78 is 1.66. The van der Waals surface area contributed by atoms with Crippen LogP contribution in [0.1, 0.15) is 16.1 Å². The molecule has 0 aliphatic carbocycles. The number of hydrogen-bond donors (Lipinski definition) is 1. The Balaban J connectivity index is 2.88. The van der Waals surface area contributed by atoms with Gasteiger partial charge in [-0.05, 0) is 13.0 Å². The number of halogens is 1. The zero-order valence-electron chi connectivity index (χ0n) is 7.36. The Morgan fingerprint density at radius 2 is 2.36 bits per heavy atom. The van der Waals surface area contributed by atoms with Gasteiger partial charge in [0.25, 0.3) is 0 Å². The van der Waals surface area contributed by atoms with Crippen molar-refractivity contribution in [2.24, 2.45) is 0 Å². The highest BCUT2D eigenvalue weighted by Gasteiger charge is 2.12. The molecule has 0 aliphatic rings. The Bertz CT molecular complexity index is 519. The molecule has 0 aromatic carbocycles. The van der Waals surface area contributed by atoms with Gasteiger partial charge in [0.1, 0.15) is 5.56 Å². The molecule has 0 amide bonds. The third-order valence-corrected chi connectivity index (χ3v) is 2.19. The summed E-state index contributed by atoms with van der Waals surface area (Å²) in [6.07, 6.45) is 3.25. The minimum Gasteiger partial charge on any atom is -0.478 e. The molecule has 0 unspecified atom stereocenters. The molecule has 1 N–H and O–H groups in total. The highest BCUT2D eigenvalue weighted by atomic mass is 35.5. The van der Waals surface area contributed by atoms with Crippen LogP contribution in [0.25, 0.3) is 5.65 Å². The van der Waals surface area contributed by atoms with Crippen LogP contribution >= 0.6 is 11.6 Å². The van der Waals surface area contributed by atoms with E-state index in [1.165, 1.54) is 6.07 Å². The number of fused-ring (bicyclic) bond motifs is 1. The Morgan fingerprint density at radius 1 is 1.64 bits per heavy atom. The van der Waals surface area contributed by atoms with Crippen molar-refractivity contribution in [2.45, 2.75) is 6.92 Å². The monoisotopic (exact) mass is 210 g/mol. The van der Waals surface area contributed by atoms with Crippen molar-refractivity contribution in [1.29, 1.82) is 0 Å². The van der Waals surface area contributed by atoms with Gasteiger partial charge in [-0.25, -0.2) is 9.78 Å². The lowest BCUT2D eigenvalue weighted by Gasteiger charge is -2.01. The van der Waals surface area contributed by atoms with Gasteiger partial charge >= 0.3 is 5.97 Å². The van der Waals surface area contributed by atoms with Gasteiger partial charge in [-0.2, -0.15) is 0 Å². The average Bonchev–Trinajstić information content (AvgIpc) is 2.47. The molecule has 72 valence electrons. The van der Waals surface area contributed by atoms with Gasteiger partial charge in [-0.15, -0.1) is 0 Å². The molecule has 0 atom stereocenters. The average molecular weight is 211 g/mol. The van der Waals surface area contributed by atoms with Crippen LogP contribution in [0.3, 0.4) is 0 Å². The van der Waals surface area contributed by atoms with Crippen LogP contribution in [0.2, 0.25) is 5.02 Å². The molecule has 4 nitrogen and oxygen atoms in total. The van der Waals surface area contributed by atoms with Gasteiger partial charge in [0, 0.05) is 18.1 Å². The van der Waals surface area contributed by atoms with Crippen LogP contribution in [-0.4, -0.2) is 20.5 Å². The van der Waals surface area contributed by atoms with E-state index in [0.717, 1.165) is 5.69 Å². The number of aryl methyl sites for hydroxylation is 1. The van der Waals surface area contributed by atoms with Crippen LogP contribution in [0.15, 0.2) is 18.5 Å². The van der Waals surface area contributed by atoms with Gasteiger partial charge in [0.15, 0.2) is 5.65 Å². The molecule has 0 spiro atoms. The van der Waals surface area contributed by atoms with Crippen molar-refractivity contribution in [3.05, 3.63) is 34.7 Å². The van der Waals surface area contributed by atoms with Crippen LogP contribution in [-0.2, 0) is 0 Å². The second-order valence-corrected chi connectivity index (χ2v) is 3.41. The fourth-order valence-electron chi connectivity index (χ4n) is 1.33. The third kappa shape index (κ3) is 1.24. The molecule has 0 radical (unpaired) electrons. The number of aromatic nitrogens is 2. The predicted molar refractivity (Wildman–Crippen MR) is 51.9 cm³/mol. The van der Waals surface area contributed by atoms with Crippen molar-refractivity contribution in [3.8, 4) is 0 Å². The fraction of sp³-hybridized carbons (Fsp3) is 0.111. The Morgan fingerprint density at radius 3 is 3.00 bits per heavy atom. The lowest BCUT2D eigenvalue weighted by Crippen LogP contribution is -2.01. The number of carbonyl (C=O) groups is 1. The summed E-state index contributed by atoms with van der Waals surface area (Å²) in [5, 5.41) is 9.29. The summed E-state index contributed by atoms with van der Waals surface area (Å²) in [6, 6.07) is 1.39. The van der Waals surface area contributed by atoms with E-state index in [1.54, 1.807) is 16.8 Å². The van der Waals surface area contributed by atoms with Crippen molar-refractivity contribution >= 4 is 23.2 Å². The first-order valence-electron chi connectivity index (χ1n) is 3.96. The topological polar surface area (TPSA) is 54.6 Å². The predicted octanol–water partition coefficient (Wildman–Crippen LogP) is 1.99. The zero-order valence-corrected chi connectivity index (χ0v) is 8.12. The molecule has 0 bridgehead atoms. The van der Waals surface area contributed by atoms with Crippen LogP contribution in [0.4, 0.5) is 0 Å². The van der Waals surface area contributed by atoms with E-state index in [1.807, 2.05) is 6.92 Å². The van der Waals surface area contributed by atoms with E-state index < -0.39 is 5.97 Å². The molecule has 0 fully saturated rings. The van der Waals surface area contributed by atoms with Crippen LogP contribution in [0, 0.1) is 6.92 Å². The van der Waals surface area contributed by atoms with Crippen LogP contribution in [0.5, 0.6) is 0 Å². The van der Waals surface area contributed by atoms with Gasteiger partial charge in [0.2, 0.25) is 0 Å². The summed E-state index contributed by atoms with van der Waals surface area (Å²) in [4.78, 5) is 14.9. The molecule has 2 rings (SSSR count). The van der Waals surface area contributed by atoms with E-state index in [4.69, 9.17) is 16.7 Å². The van der Waals surface area contributed by atoms with Crippen molar-refractivity contribution in [3.63, 3.8) is 0 Å². The number of pyridine rings is 1. The van der Waals surface area contributed by atoms with E-state index >= 15 is 0 Å². The smallest absolute Gasteiger partial charge is 0.339 e. The second kappa shape index (κ2) is 2.99. The van der Waals surface area contributed by atoms with E-state index in [-0.39, 0.29) is 5.56 Å². The summed E-state index contributed by atoms with van der Waals surface area (Å²) >= 11 is 5.78. The number of imidazole rings is 1. The van der Waals surface area contributed by atoms with Crippen molar-refractivity contribution < 1.29 is 9.90 Å². The zero-order chi connectivity index (χ0) is 10.3. The molecule has 0 aliphatic heterocycles. The summed E-state index contributed by atoms with van der Waals surface area (Å²) in [6.45, 7) is 1.84. The highest BCUT2D eigenvalue weighted by molar-refractivity contribution is 6.31. The first-order valence-corrected chi connectivity index (χ1v) is 4.34. The molecular formula is C9H7ClN2O2. The SMILES string of the molecule is Cc1cnc2c(C(=O)O)cc(Cl)cn12. The normalized spacial score (nSPS) is 10.7. The second-order valence-electron chi connectivity index (χ2n) is 2.97. The molecule has 2 aromatic rings. The number of carboxylic acid groups (broad SMARTS) is 1. The first kappa shape index (κ1) is 9.02. The van der Waals surface area contributed by atoms with Crippen LogP contribution < -0.4 is 0 Å². The molecule has 0 saturated carbocycles. The first-order chi connectivity index (χ1) is 6.59. The maximum atomic E-state index is 10.9. The summed E-state index contributed by atoms with van der Waals surface area (Å²) in [7, 11) is 0. The lowest BCUT2D eigenvalue weighted by molar-refractivity contribution is 0.0698. The van der Waals surface area contributed by atoms with Crippen molar-refractivity contribution in [1.82, 2.24) is 9.38 Å². The van der Waals surface area contributed by atoms with E-state index in [2.05, 4.69) is 4.98 Å². The molecular weight excluding hydrogens is 204 g/mol. The van der Waals surface area contributed by atoms with E-state index in [0.29, 0.717) is 10.7 Å². The number of nitrogens with zero attached hydrogens (tertiary/aromatic N) is 2. The Kier molecular flexibility index (Phi) is 1.93. The summed E-state index contributed by atoms with van der Waals surface area (Å²) in [5.74, 6) is -1.02. The molecule has 2 aromatic heterocycles. The minimum absolute atomic E-state index is 0.116. The fourth-order valence-corrected chi connectivity index (χ4v) is 1.54. The Labute approximate surface area is 84.8 Å². The van der Waals surface area contributed by atoms with Gasteiger partial charge in [0.05, 0.1) is 5.02 Å². The maximum Gasteiger partial charge on any atom is 0.339 e. The molecule has 0 saturated heterocycles. The van der Waals surface area contributed by atoms with Gasteiger partial charge in [-0.3, -0.25) is 0 Å². The number of aromatic carboxylic acids is 1. The Hall–Kier alpha value is -1.55. The number of hydrogen-bond acceptors (Lipinski definition) is 2. The van der Waals surface area contributed by atoms with Gasteiger partial charge in [-0.1, -0.05) is 11.6 Å². The minimum atomic E-state index is -1.02. The number of carboxylic acids is 1. The van der Waals surface area contributed by atoms with E-state index in [9.17, 15) is 4.79 Å². The molecule has 5 heteroatoms. The largest absolute Gasteiger partial charge is 0.478 e. The van der Waals surface area contributed by atoms with Crippen molar-refractivity contribution in [2.75, 3.05) is 0 Å². The standard InChI is InChI=1S/C9H7ClN2O2/c1-5-3-11-8-7(9(13)14)2-6(10)4-12(5)8/h2-4H,1H3,(H,13,14). The number of rotatable bonds is 1. The maximum absolute atomic E-state index is 10.9. The molecule has 2 heterocycles. The quantitative estimate of drug-likeness (QED) is 0.783. The van der Waals surface area contributed by atoms with Gasteiger partial charge < -0.3 is 9.51 Å². The summed E-state index contributed by atoms with van der Waals surface area (Å²) in [5.41, 5.74) is 1.38. The highest BCUT2D eigenvalue weighted by Crippen LogP contribution is 2.17.